The van der Waals surface area contributed by atoms with Gasteiger partial charge in [-0.05, 0) is 55.0 Å². The molecule has 1 saturated heterocycles. The summed E-state index contributed by atoms with van der Waals surface area (Å²) in [4.78, 5) is 6.74. The second-order valence-electron chi connectivity index (χ2n) is 7.49. The minimum Gasteiger partial charge on any atom is -0.378 e. The third kappa shape index (κ3) is 4.49. The van der Waals surface area contributed by atoms with Crippen LogP contribution in [0, 0.1) is 0 Å². The van der Waals surface area contributed by atoms with Crippen LogP contribution in [-0.4, -0.2) is 46.2 Å². The molecule has 2 aromatic carbocycles. The van der Waals surface area contributed by atoms with Gasteiger partial charge in [-0.3, -0.25) is 9.29 Å². The summed E-state index contributed by atoms with van der Waals surface area (Å²) >= 11 is 6.27. The van der Waals surface area contributed by atoms with Gasteiger partial charge in [-0.1, -0.05) is 24.9 Å². The summed E-state index contributed by atoms with van der Waals surface area (Å²) in [6, 6.07) is 14.4. The third-order valence-corrected chi connectivity index (χ3v) is 7.67. The van der Waals surface area contributed by atoms with Crippen molar-refractivity contribution in [1.29, 1.82) is 0 Å². The van der Waals surface area contributed by atoms with Gasteiger partial charge in [0.25, 0.3) is 10.0 Å². The first kappa shape index (κ1) is 21.9. The number of unbranched alkanes of at least 4 members (excludes halogenated alkanes) is 1. The highest BCUT2D eigenvalue weighted by atomic mass is 35.5. The molecule has 2 heterocycles. The number of benzene rings is 2. The van der Waals surface area contributed by atoms with E-state index in [0.717, 1.165) is 31.6 Å². The maximum absolute atomic E-state index is 13.8. The van der Waals surface area contributed by atoms with Crippen molar-refractivity contribution >= 4 is 43.9 Å². The molecule has 6 nitrogen and oxygen atoms in total. The van der Waals surface area contributed by atoms with E-state index in [1.807, 2.05) is 31.2 Å². The highest BCUT2D eigenvalue weighted by Gasteiger charge is 2.27. The van der Waals surface area contributed by atoms with Gasteiger partial charge in [0, 0.05) is 36.9 Å². The molecule has 0 atom stereocenters. The lowest BCUT2D eigenvalue weighted by Crippen LogP contribution is -2.36. The lowest BCUT2D eigenvalue weighted by molar-refractivity contribution is 0.122. The van der Waals surface area contributed by atoms with E-state index in [9.17, 15) is 8.42 Å². The number of ether oxygens (including phenoxy) is 1. The van der Waals surface area contributed by atoms with Crippen molar-refractivity contribution in [1.82, 2.24) is 4.98 Å². The summed E-state index contributed by atoms with van der Waals surface area (Å²) in [7, 11) is -3.81. The largest absolute Gasteiger partial charge is 0.378 e. The summed E-state index contributed by atoms with van der Waals surface area (Å²) in [6.45, 7) is 5.53. The number of hydrogen-bond donors (Lipinski definition) is 0. The van der Waals surface area contributed by atoms with Crippen LogP contribution in [0.15, 0.2) is 59.6 Å². The van der Waals surface area contributed by atoms with Crippen molar-refractivity contribution in [2.45, 2.75) is 24.7 Å². The fraction of sp³-hybridized carbons (Fsp3) is 0.348. The van der Waals surface area contributed by atoms with Crippen LogP contribution in [0.1, 0.15) is 19.8 Å². The average molecular weight is 460 g/mol. The van der Waals surface area contributed by atoms with Crippen LogP contribution in [0.4, 0.5) is 11.4 Å². The first-order chi connectivity index (χ1) is 15.0. The Kier molecular flexibility index (Phi) is 6.65. The molecule has 1 fully saturated rings. The first-order valence-electron chi connectivity index (χ1n) is 10.5. The summed E-state index contributed by atoms with van der Waals surface area (Å²) in [5.41, 5.74) is 2.21. The molecule has 1 aliphatic heterocycles. The van der Waals surface area contributed by atoms with Gasteiger partial charge < -0.3 is 9.64 Å². The zero-order chi connectivity index (χ0) is 21.8. The molecule has 0 bridgehead atoms. The van der Waals surface area contributed by atoms with Crippen molar-refractivity contribution < 1.29 is 13.2 Å². The Morgan fingerprint density at radius 1 is 1.10 bits per heavy atom. The molecular formula is C23H26ClN3O3S. The third-order valence-electron chi connectivity index (χ3n) is 5.48. The molecule has 0 amide bonds. The van der Waals surface area contributed by atoms with Crippen molar-refractivity contribution in [3.63, 3.8) is 0 Å². The van der Waals surface area contributed by atoms with Crippen molar-refractivity contribution in [3.8, 4) is 0 Å². The van der Waals surface area contributed by atoms with Gasteiger partial charge in [-0.25, -0.2) is 8.42 Å². The normalized spacial score (nSPS) is 14.7. The number of aromatic nitrogens is 1. The molecular weight excluding hydrogens is 434 g/mol. The van der Waals surface area contributed by atoms with Gasteiger partial charge in [0.15, 0.2) is 0 Å². The Hall–Kier alpha value is -2.35. The van der Waals surface area contributed by atoms with E-state index in [1.165, 1.54) is 4.31 Å². The molecule has 4 rings (SSSR count). The number of sulfonamides is 1. The van der Waals surface area contributed by atoms with Crippen LogP contribution in [0.2, 0.25) is 5.02 Å². The summed E-state index contributed by atoms with van der Waals surface area (Å²) in [6.07, 6.45) is 3.26. The smallest absolute Gasteiger partial charge is 0.264 e. The highest BCUT2D eigenvalue weighted by Crippen LogP contribution is 2.32. The zero-order valence-electron chi connectivity index (χ0n) is 17.5. The lowest BCUT2D eigenvalue weighted by Gasteiger charge is -2.30. The second kappa shape index (κ2) is 9.42. The highest BCUT2D eigenvalue weighted by molar-refractivity contribution is 7.93. The van der Waals surface area contributed by atoms with Crippen LogP contribution in [0.25, 0.3) is 10.9 Å². The fourth-order valence-corrected chi connectivity index (χ4v) is 5.70. The SMILES string of the molecule is CCCCN(c1ccc(N2CCOCC2)cc1)S(=O)(=O)c1ccc(Cl)c2ncccc12. The zero-order valence-corrected chi connectivity index (χ0v) is 19.1. The molecule has 3 aromatic rings. The van der Waals surface area contributed by atoms with E-state index in [1.54, 1.807) is 30.5 Å². The van der Waals surface area contributed by atoms with Crippen LogP contribution in [0.3, 0.4) is 0 Å². The standard InChI is InChI=1S/C23H26ClN3O3S/c1-2-3-13-27(19-8-6-18(7-9-19)26-14-16-30-17-15-26)31(28,29)22-11-10-21(24)23-20(22)5-4-12-25-23/h4-12H,2-3,13-17H2,1H3. The number of fused-ring (bicyclic) bond motifs is 1. The summed E-state index contributed by atoms with van der Waals surface area (Å²) < 4.78 is 34.5. The predicted molar refractivity (Wildman–Crippen MR) is 126 cm³/mol. The molecule has 0 unspecified atom stereocenters. The molecule has 0 radical (unpaired) electrons. The van der Waals surface area contributed by atoms with Crippen molar-refractivity contribution in [2.24, 2.45) is 0 Å². The Balaban J connectivity index is 1.73. The fourth-order valence-electron chi connectivity index (χ4n) is 3.80. The molecule has 0 aliphatic carbocycles. The number of anilines is 2. The Morgan fingerprint density at radius 2 is 1.84 bits per heavy atom. The number of nitrogens with zero attached hydrogens (tertiary/aromatic N) is 3. The number of rotatable bonds is 7. The second-order valence-corrected chi connectivity index (χ2v) is 9.73. The monoisotopic (exact) mass is 459 g/mol. The maximum atomic E-state index is 13.8. The Labute approximate surface area is 188 Å². The van der Waals surface area contributed by atoms with E-state index < -0.39 is 10.0 Å². The van der Waals surface area contributed by atoms with Crippen molar-refractivity contribution in [2.75, 3.05) is 42.1 Å². The summed E-state index contributed by atoms with van der Waals surface area (Å²) in [5.74, 6) is 0. The molecule has 1 aromatic heterocycles. The number of morpholine rings is 1. The quantitative estimate of drug-likeness (QED) is 0.511. The van der Waals surface area contributed by atoms with Crippen LogP contribution in [0.5, 0.6) is 0 Å². The maximum Gasteiger partial charge on any atom is 0.264 e. The molecule has 0 N–H and O–H groups in total. The molecule has 31 heavy (non-hydrogen) atoms. The van der Waals surface area contributed by atoms with Gasteiger partial charge in [0.1, 0.15) is 0 Å². The van der Waals surface area contributed by atoms with E-state index in [2.05, 4.69) is 9.88 Å². The van der Waals surface area contributed by atoms with E-state index >= 15 is 0 Å². The minimum atomic E-state index is -3.81. The Morgan fingerprint density at radius 3 is 2.55 bits per heavy atom. The molecule has 0 saturated carbocycles. The van der Waals surface area contributed by atoms with Gasteiger partial charge in [0.2, 0.25) is 0 Å². The lowest BCUT2D eigenvalue weighted by atomic mass is 10.2. The number of hydrogen-bond acceptors (Lipinski definition) is 5. The first-order valence-corrected chi connectivity index (χ1v) is 12.3. The van der Waals surface area contributed by atoms with E-state index in [4.69, 9.17) is 16.3 Å². The minimum absolute atomic E-state index is 0.216. The number of halogens is 1. The van der Waals surface area contributed by atoms with Crippen LogP contribution < -0.4 is 9.21 Å². The van der Waals surface area contributed by atoms with Gasteiger partial charge in [-0.2, -0.15) is 0 Å². The number of pyridine rings is 1. The van der Waals surface area contributed by atoms with Gasteiger partial charge in [0.05, 0.1) is 34.3 Å². The molecule has 0 spiro atoms. The van der Waals surface area contributed by atoms with Crippen molar-refractivity contribution in [3.05, 3.63) is 59.8 Å². The molecule has 8 heteroatoms. The van der Waals surface area contributed by atoms with Gasteiger partial charge >= 0.3 is 0 Å². The van der Waals surface area contributed by atoms with Crippen LogP contribution in [-0.2, 0) is 14.8 Å². The predicted octanol–water partition coefficient (Wildman–Crippen LogP) is 4.72. The van der Waals surface area contributed by atoms with E-state index in [0.29, 0.717) is 41.4 Å². The molecule has 1 aliphatic rings. The summed E-state index contributed by atoms with van der Waals surface area (Å²) in [5, 5.41) is 0.964. The topological polar surface area (TPSA) is 62.7 Å². The van der Waals surface area contributed by atoms with Crippen LogP contribution >= 0.6 is 11.6 Å². The Bertz CT molecular complexity index is 1150. The van der Waals surface area contributed by atoms with Gasteiger partial charge in [-0.15, -0.1) is 0 Å². The van der Waals surface area contributed by atoms with E-state index in [-0.39, 0.29) is 4.90 Å². The average Bonchev–Trinajstić information content (AvgIpc) is 2.80. The molecule has 164 valence electrons.